The number of carbonyl (C=O) groups excluding carboxylic acids is 2. The molecule has 7 nitrogen and oxygen atoms in total. The van der Waals surface area contributed by atoms with E-state index < -0.39 is 34.1 Å². The molecule has 3 aromatic carbocycles. The molecule has 0 aliphatic carbocycles. The zero-order valence-electron chi connectivity index (χ0n) is 22.9. The topological polar surface area (TPSA) is 86.8 Å². The number of aryl methyl sites for hydroxylation is 1. The Hall–Kier alpha value is -2.59. The molecule has 0 aliphatic heterocycles. The van der Waals surface area contributed by atoms with E-state index in [1.807, 2.05) is 52.0 Å². The third-order valence-corrected chi connectivity index (χ3v) is 9.13. The average Bonchev–Trinajstić information content (AvgIpc) is 2.87. The van der Waals surface area contributed by atoms with Crippen LogP contribution < -0.4 is 9.62 Å². The normalized spacial score (nSPS) is 12.5. The molecule has 0 saturated carbocycles. The SMILES string of the molecule is Cc1ccc(S(=O)(=O)N(CC(=O)N(Cc2ccc(Br)cc2)[C@@H](C)C(=O)NC(C)(C)C)c2cccc(Cl)c2Cl)cc1. The minimum Gasteiger partial charge on any atom is -0.350 e. The summed E-state index contributed by atoms with van der Waals surface area (Å²) in [5.41, 5.74) is 1.16. The van der Waals surface area contributed by atoms with E-state index in [0.29, 0.717) is 0 Å². The molecule has 0 unspecified atom stereocenters. The Bertz CT molecular complexity index is 1470. The van der Waals surface area contributed by atoms with Crippen molar-refractivity contribution in [1.82, 2.24) is 10.2 Å². The zero-order valence-corrected chi connectivity index (χ0v) is 26.8. The summed E-state index contributed by atoms with van der Waals surface area (Å²) in [5.74, 6) is -0.960. The third kappa shape index (κ3) is 8.00. The maximum absolute atomic E-state index is 14.0. The molecule has 1 atom stereocenters. The van der Waals surface area contributed by atoms with Gasteiger partial charge in [0.15, 0.2) is 0 Å². The first-order chi connectivity index (χ1) is 18.6. The molecule has 40 heavy (non-hydrogen) atoms. The van der Waals surface area contributed by atoms with E-state index in [-0.39, 0.29) is 33.1 Å². The lowest BCUT2D eigenvalue weighted by molar-refractivity contribution is -0.140. The molecule has 0 radical (unpaired) electrons. The van der Waals surface area contributed by atoms with Crippen molar-refractivity contribution in [3.63, 3.8) is 0 Å². The summed E-state index contributed by atoms with van der Waals surface area (Å²) in [6.07, 6.45) is 0. The molecule has 2 amide bonds. The highest BCUT2D eigenvalue weighted by atomic mass is 79.9. The van der Waals surface area contributed by atoms with Gasteiger partial charge in [0.1, 0.15) is 12.6 Å². The summed E-state index contributed by atoms with van der Waals surface area (Å²) in [4.78, 5) is 28.5. The van der Waals surface area contributed by atoms with E-state index in [4.69, 9.17) is 23.2 Å². The second-order valence-corrected chi connectivity index (χ2v) is 14.0. The Balaban J connectivity index is 2.08. The van der Waals surface area contributed by atoms with Gasteiger partial charge >= 0.3 is 0 Å². The quantitative estimate of drug-likeness (QED) is 0.279. The number of anilines is 1. The standard InChI is InChI=1S/C29H32BrCl2N3O4S/c1-19-9-15-23(16-10-19)40(38,39)35(25-8-6-7-24(31)27(25)32)18-26(36)34(17-21-11-13-22(30)14-12-21)20(2)28(37)33-29(3,4)5/h6-16,20H,17-18H2,1-5H3,(H,33,37)/t20-/m0/s1. The van der Waals surface area contributed by atoms with Gasteiger partial charge in [-0.3, -0.25) is 13.9 Å². The lowest BCUT2D eigenvalue weighted by atomic mass is 10.1. The predicted molar refractivity (Wildman–Crippen MR) is 164 cm³/mol. The maximum Gasteiger partial charge on any atom is 0.264 e. The molecular weight excluding hydrogens is 637 g/mol. The average molecular weight is 669 g/mol. The number of hydrogen-bond donors (Lipinski definition) is 1. The fraction of sp³-hybridized carbons (Fsp3) is 0.310. The summed E-state index contributed by atoms with van der Waals surface area (Å²) in [7, 11) is -4.26. The van der Waals surface area contributed by atoms with Crippen LogP contribution in [0.25, 0.3) is 0 Å². The van der Waals surface area contributed by atoms with Gasteiger partial charge in [-0.25, -0.2) is 8.42 Å². The molecule has 214 valence electrons. The van der Waals surface area contributed by atoms with Gasteiger partial charge in [-0.1, -0.05) is 75.0 Å². The number of carbonyl (C=O) groups is 2. The molecule has 1 N–H and O–H groups in total. The first-order valence-electron chi connectivity index (χ1n) is 12.5. The highest BCUT2D eigenvalue weighted by molar-refractivity contribution is 9.10. The monoisotopic (exact) mass is 667 g/mol. The minimum atomic E-state index is -4.26. The minimum absolute atomic E-state index is 0.00867. The molecule has 3 rings (SSSR count). The van der Waals surface area contributed by atoms with Crippen molar-refractivity contribution < 1.29 is 18.0 Å². The second kappa shape index (κ2) is 12.9. The highest BCUT2D eigenvalue weighted by Crippen LogP contribution is 2.35. The van der Waals surface area contributed by atoms with Crippen molar-refractivity contribution in [1.29, 1.82) is 0 Å². The largest absolute Gasteiger partial charge is 0.350 e. The van der Waals surface area contributed by atoms with Gasteiger partial charge in [-0.2, -0.15) is 0 Å². The fourth-order valence-corrected chi connectivity index (χ4v) is 6.02. The molecule has 0 heterocycles. The molecule has 0 bridgehead atoms. The Kier molecular flexibility index (Phi) is 10.3. The second-order valence-electron chi connectivity index (χ2n) is 10.5. The van der Waals surface area contributed by atoms with E-state index in [1.165, 1.54) is 29.2 Å². The number of amides is 2. The summed E-state index contributed by atoms with van der Waals surface area (Å²) < 4.78 is 29.6. The number of sulfonamides is 1. The summed E-state index contributed by atoms with van der Waals surface area (Å²) >= 11 is 16.1. The Morgan fingerprint density at radius 3 is 2.15 bits per heavy atom. The van der Waals surface area contributed by atoms with Crippen LogP contribution in [0.4, 0.5) is 5.69 Å². The number of halogens is 3. The van der Waals surface area contributed by atoms with Gasteiger partial charge in [0.05, 0.1) is 20.6 Å². The molecule has 3 aromatic rings. The first kappa shape index (κ1) is 31.9. The van der Waals surface area contributed by atoms with Crippen LogP contribution in [0.15, 0.2) is 76.1 Å². The lowest BCUT2D eigenvalue weighted by Gasteiger charge is -2.33. The Morgan fingerprint density at radius 1 is 0.975 bits per heavy atom. The fourth-order valence-electron chi connectivity index (χ4n) is 3.88. The van der Waals surface area contributed by atoms with Crippen molar-refractivity contribution in [2.45, 2.75) is 57.6 Å². The van der Waals surface area contributed by atoms with Gasteiger partial charge in [-0.15, -0.1) is 0 Å². The first-order valence-corrected chi connectivity index (χ1v) is 15.5. The van der Waals surface area contributed by atoms with Crippen LogP contribution in [-0.2, 0) is 26.2 Å². The maximum atomic E-state index is 14.0. The molecular formula is C29H32BrCl2N3O4S. The molecule has 11 heteroatoms. The van der Waals surface area contributed by atoms with Crippen molar-refractivity contribution >= 4 is 66.7 Å². The van der Waals surface area contributed by atoms with Crippen LogP contribution in [-0.4, -0.2) is 43.3 Å². The van der Waals surface area contributed by atoms with Gasteiger partial charge in [0.2, 0.25) is 11.8 Å². The highest BCUT2D eigenvalue weighted by Gasteiger charge is 2.34. The number of nitrogens with one attached hydrogen (secondary N) is 1. The van der Waals surface area contributed by atoms with Crippen LogP contribution in [0.5, 0.6) is 0 Å². The van der Waals surface area contributed by atoms with E-state index in [1.54, 1.807) is 25.1 Å². The Labute approximate surface area is 254 Å². The molecule has 0 aliphatic rings. The van der Waals surface area contributed by atoms with Crippen LogP contribution in [0.1, 0.15) is 38.8 Å². The number of benzene rings is 3. The van der Waals surface area contributed by atoms with Gasteiger partial charge in [-0.05, 0) is 76.6 Å². The zero-order chi connectivity index (χ0) is 29.8. The van der Waals surface area contributed by atoms with E-state index in [2.05, 4.69) is 21.2 Å². The van der Waals surface area contributed by atoms with Crippen molar-refractivity contribution in [2.75, 3.05) is 10.8 Å². The van der Waals surface area contributed by atoms with Crippen molar-refractivity contribution in [3.8, 4) is 0 Å². The van der Waals surface area contributed by atoms with Gasteiger partial charge in [0, 0.05) is 16.6 Å². The molecule has 0 aromatic heterocycles. The summed E-state index contributed by atoms with van der Waals surface area (Å²) in [5, 5.41) is 3.03. The lowest BCUT2D eigenvalue weighted by Crippen LogP contribution is -2.54. The smallest absolute Gasteiger partial charge is 0.264 e. The van der Waals surface area contributed by atoms with Crippen molar-refractivity contribution in [2.24, 2.45) is 0 Å². The summed E-state index contributed by atoms with van der Waals surface area (Å²) in [6, 6.07) is 17.3. The van der Waals surface area contributed by atoms with Gasteiger partial charge in [0.25, 0.3) is 10.0 Å². The Morgan fingerprint density at radius 2 is 1.57 bits per heavy atom. The predicted octanol–water partition coefficient (Wildman–Crippen LogP) is 6.59. The van der Waals surface area contributed by atoms with Gasteiger partial charge < -0.3 is 10.2 Å². The molecule has 0 spiro atoms. The summed E-state index contributed by atoms with van der Waals surface area (Å²) in [6.45, 7) is 8.45. The van der Waals surface area contributed by atoms with E-state index in [0.717, 1.165) is 19.9 Å². The number of nitrogens with zero attached hydrogens (tertiary/aromatic N) is 2. The third-order valence-electron chi connectivity index (χ3n) is 6.02. The van der Waals surface area contributed by atoms with Crippen LogP contribution in [0, 0.1) is 6.92 Å². The van der Waals surface area contributed by atoms with Crippen LogP contribution in [0.3, 0.4) is 0 Å². The van der Waals surface area contributed by atoms with Crippen molar-refractivity contribution in [3.05, 3.63) is 92.4 Å². The number of hydrogen-bond acceptors (Lipinski definition) is 4. The number of rotatable bonds is 9. The molecule has 0 saturated heterocycles. The van der Waals surface area contributed by atoms with E-state index in [9.17, 15) is 18.0 Å². The van der Waals surface area contributed by atoms with E-state index >= 15 is 0 Å². The van der Waals surface area contributed by atoms with Crippen LogP contribution >= 0.6 is 39.1 Å². The van der Waals surface area contributed by atoms with Crippen LogP contribution in [0.2, 0.25) is 10.0 Å². The molecule has 0 fully saturated rings.